The van der Waals surface area contributed by atoms with Crippen molar-refractivity contribution in [2.24, 2.45) is 0 Å². The normalized spacial score (nSPS) is 11.6. The third-order valence-electron chi connectivity index (χ3n) is 0.651. The van der Waals surface area contributed by atoms with Crippen LogP contribution in [0.25, 0.3) is 0 Å². The van der Waals surface area contributed by atoms with E-state index in [9.17, 15) is 0 Å². The summed E-state index contributed by atoms with van der Waals surface area (Å²) in [4.78, 5) is 0. The summed E-state index contributed by atoms with van der Waals surface area (Å²) < 4.78 is 0. The lowest BCUT2D eigenvalue weighted by atomic mass is 10.4. The summed E-state index contributed by atoms with van der Waals surface area (Å²) in [6.07, 6.45) is 2.45. The van der Waals surface area contributed by atoms with E-state index in [1.165, 1.54) is 0 Å². The molecule has 8 heavy (non-hydrogen) atoms. The quantitative estimate of drug-likeness (QED) is 0.531. The van der Waals surface area contributed by atoms with Gasteiger partial charge in [0.1, 0.15) is 0 Å². The number of hydrogen-bond acceptors (Lipinski definition) is 0. The van der Waals surface area contributed by atoms with Crippen molar-refractivity contribution in [2.75, 3.05) is 0 Å². The molecule has 0 saturated heterocycles. The van der Waals surface area contributed by atoms with E-state index in [1.807, 2.05) is 6.92 Å². The maximum Gasteiger partial charge on any atom is 0.0345 e. The Hall–Kier alpha value is 0.0600. The fourth-order valence-corrected chi connectivity index (χ4v) is 0.591. The second-order valence-corrected chi connectivity index (χ2v) is 2.36. The predicted octanol–water partition coefficient (Wildman–Crippen LogP) is 3.27. The second-order valence-electron chi connectivity index (χ2n) is 1.39. The van der Waals surface area contributed by atoms with Crippen molar-refractivity contribution < 1.29 is 0 Å². The number of hydrogen-bond donors (Lipinski definition) is 0. The van der Waals surface area contributed by atoms with Crippen LogP contribution in [0, 0.1) is 0 Å². The molecule has 0 aromatic carbocycles. The highest BCUT2D eigenvalue weighted by molar-refractivity contribution is 6.34. The lowest BCUT2D eigenvalue weighted by molar-refractivity contribution is 1.19. The summed E-state index contributed by atoms with van der Waals surface area (Å²) in [5.41, 5.74) is 0. The van der Waals surface area contributed by atoms with Gasteiger partial charge in [-0.2, -0.15) is 0 Å². The maximum atomic E-state index is 5.58. The fraction of sp³-hybridized carbons (Fsp3) is 0.333. The lowest BCUT2D eigenvalue weighted by Crippen LogP contribution is -1.65. The molecule has 0 heterocycles. The zero-order chi connectivity index (χ0) is 6.57. The summed E-state index contributed by atoms with van der Waals surface area (Å²) in [6.45, 7) is 5.40. The summed E-state index contributed by atoms with van der Waals surface area (Å²) in [6, 6.07) is 0. The van der Waals surface area contributed by atoms with Crippen LogP contribution in [0.2, 0.25) is 0 Å². The van der Waals surface area contributed by atoms with E-state index < -0.39 is 0 Å². The minimum absolute atomic E-state index is 0.483. The van der Waals surface area contributed by atoms with Gasteiger partial charge in [0.25, 0.3) is 0 Å². The molecule has 2 heteroatoms. The Labute approximate surface area is 59.8 Å². The first-order chi connectivity index (χ1) is 3.66. The van der Waals surface area contributed by atoms with Crippen LogP contribution in [0.5, 0.6) is 0 Å². The van der Waals surface area contributed by atoms with E-state index in [0.717, 1.165) is 11.5 Å². The van der Waals surface area contributed by atoms with E-state index in [2.05, 4.69) is 6.58 Å². The first kappa shape index (κ1) is 8.06. The molecule has 46 valence electrons. The topological polar surface area (TPSA) is 0 Å². The van der Waals surface area contributed by atoms with E-state index in [0.29, 0.717) is 5.03 Å². The second kappa shape index (κ2) is 3.99. The molecular formula is C6H8Cl2. The SMILES string of the molecule is C=C(Cl)/C=C(/Cl)CC. The zero-order valence-corrected chi connectivity index (χ0v) is 6.26. The van der Waals surface area contributed by atoms with Crippen molar-refractivity contribution in [2.45, 2.75) is 13.3 Å². The molecule has 0 aliphatic carbocycles. The Kier molecular flexibility index (Phi) is 4.02. The van der Waals surface area contributed by atoms with Gasteiger partial charge in [0.2, 0.25) is 0 Å². The van der Waals surface area contributed by atoms with E-state index >= 15 is 0 Å². The average Bonchev–Trinajstić information content (AvgIpc) is 1.65. The van der Waals surface area contributed by atoms with Crippen LogP contribution in [0.15, 0.2) is 22.7 Å². The molecule has 0 spiro atoms. The van der Waals surface area contributed by atoms with Gasteiger partial charge in [-0.15, -0.1) is 0 Å². The van der Waals surface area contributed by atoms with Crippen molar-refractivity contribution >= 4 is 23.2 Å². The van der Waals surface area contributed by atoms with Crippen molar-refractivity contribution in [3.05, 3.63) is 22.7 Å². The lowest BCUT2D eigenvalue weighted by Gasteiger charge is -1.87. The molecule has 0 bridgehead atoms. The van der Waals surface area contributed by atoms with Crippen molar-refractivity contribution in [3.63, 3.8) is 0 Å². The van der Waals surface area contributed by atoms with Crippen LogP contribution in [0.1, 0.15) is 13.3 Å². The molecule has 0 nitrogen and oxygen atoms in total. The smallest absolute Gasteiger partial charge is 0.0345 e. The summed E-state index contributed by atoms with van der Waals surface area (Å²) in [5.74, 6) is 0. The third-order valence-corrected chi connectivity index (χ3v) is 1.14. The molecule has 0 saturated carbocycles. The van der Waals surface area contributed by atoms with Crippen molar-refractivity contribution in [1.82, 2.24) is 0 Å². The summed E-state index contributed by atoms with van der Waals surface area (Å²) in [7, 11) is 0. The molecule has 0 aliphatic heterocycles. The minimum Gasteiger partial charge on any atom is -0.0891 e. The first-order valence-electron chi connectivity index (χ1n) is 2.37. The van der Waals surface area contributed by atoms with Crippen LogP contribution in [-0.2, 0) is 0 Å². The standard InChI is InChI=1S/C6H8Cl2/c1-3-6(8)4-5(2)7/h4H,2-3H2,1H3/b6-4+. The van der Waals surface area contributed by atoms with Crippen molar-refractivity contribution in [3.8, 4) is 0 Å². The van der Waals surface area contributed by atoms with E-state index in [4.69, 9.17) is 23.2 Å². The van der Waals surface area contributed by atoms with Crippen LogP contribution in [0.4, 0.5) is 0 Å². The highest BCUT2D eigenvalue weighted by Gasteiger charge is 1.85. The average molecular weight is 151 g/mol. The molecule has 0 rings (SSSR count). The van der Waals surface area contributed by atoms with Gasteiger partial charge in [0.15, 0.2) is 0 Å². The number of halogens is 2. The molecule has 0 unspecified atom stereocenters. The van der Waals surface area contributed by atoms with Crippen LogP contribution >= 0.6 is 23.2 Å². The Morgan fingerprint density at radius 1 is 1.62 bits per heavy atom. The highest BCUT2D eigenvalue weighted by atomic mass is 35.5. The molecule has 0 atom stereocenters. The first-order valence-corrected chi connectivity index (χ1v) is 3.13. The summed E-state index contributed by atoms with van der Waals surface area (Å²) >= 11 is 11.0. The monoisotopic (exact) mass is 150 g/mol. The Morgan fingerprint density at radius 3 is 2.25 bits per heavy atom. The summed E-state index contributed by atoms with van der Waals surface area (Å²) in [5, 5.41) is 1.22. The van der Waals surface area contributed by atoms with Gasteiger partial charge in [-0.3, -0.25) is 0 Å². The Morgan fingerprint density at radius 2 is 2.12 bits per heavy atom. The van der Waals surface area contributed by atoms with Gasteiger partial charge in [-0.05, 0) is 12.5 Å². The Bertz CT molecular complexity index is 114. The van der Waals surface area contributed by atoms with Gasteiger partial charge in [-0.25, -0.2) is 0 Å². The third kappa shape index (κ3) is 4.23. The maximum absolute atomic E-state index is 5.58. The van der Waals surface area contributed by atoms with Gasteiger partial charge in [0, 0.05) is 10.1 Å². The highest BCUT2D eigenvalue weighted by Crippen LogP contribution is 2.10. The molecule has 0 amide bonds. The van der Waals surface area contributed by atoms with E-state index in [-0.39, 0.29) is 0 Å². The number of rotatable bonds is 2. The Balaban J connectivity index is 3.75. The zero-order valence-electron chi connectivity index (χ0n) is 4.75. The van der Waals surface area contributed by atoms with Crippen LogP contribution < -0.4 is 0 Å². The molecular weight excluding hydrogens is 143 g/mol. The minimum atomic E-state index is 0.483. The molecule has 0 fully saturated rings. The largest absolute Gasteiger partial charge is 0.0891 e. The van der Waals surface area contributed by atoms with Gasteiger partial charge < -0.3 is 0 Å². The van der Waals surface area contributed by atoms with Crippen LogP contribution in [-0.4, -0.2) is 0 Å². The molecule has 0 aromatic heterocycles. The van der Waals surface area contributed by atoms with Gasteiger partial charge in [0.05, 0.1) is 0 Å². The fourth-order valence-electron chi connectivity index (χ4n) is 0.272. The number of allylic oxidation sites excluding steroid dienone is 3. The van der Waals surface area contributed by atoms with Crippen LogP contribution in [0.3, 0.4) is 0 Å². The molecule has 0 aromatic rings. The van der Waals surface area contributed by atoms with E-state index in [1.54, 1.807) is 6.08 Å². The van der Waals surface area contributed by atoms with Crippen molar-refractivity contribution in [1.29, 1.82) is 0 Å². The molecule has 0 radical (unpaired) electrons. The van der Waals surface area contributed by atoms with Gasteiger partial charge >= 0.3 is 0 Å². The molecule has 0 aliphatic rings. The van der Waals surface area contributed by atoms with Gasteiger partial charge in [-0.1, -0.05) is 36.7 Å². The predicted molar refractivity (Wildman–Crippen MR) is 39.2 cm³/mol. The molecule has 0 N–H and O–H groups in total.